The summed E-state index contributed by atoms with van der Waals surface area (Å²) in [4.78, 5) is 12.6. The van der Waals surface area contributed by atoms with Gasteiger partial charge in [-0.2, -0.15) is 0 Å². The minimum Gasteiger partial charge on any atom is -0.299 e. The summed E-state index contributed by atoms with van der Waals surface area (Å²) in [5, 5.41) is 11.2. The van der Waals surface area contributed by atoms with Crippen LogP contribution in [0.25, 0.3) is 0 Å². The third-order valence-electron chi connectivity index (χ3n) is 3.40. The summed E-state index contributed by atoms with van der Waals surface area (Å²) in [6.07, 6.45) is 1.05. The molecule has 0 radical (unpaired) electrons. The maximum atomic E-state index is 12.6. The second-order valence-electron chi connectivity index (χ2n) is 5.46. The summed E-state index contributed by atoms with van der Waals surface area (Å²) in [7, 11) is -3.72. The average molecular weight is 435 g/mol. The van der Waals surface area contributed by atoms with Gasteiger partial charge in [-0.15, -0.1) is 10.2 Å². The highest BCUT2D eigenvalue weighted by molar-refractivity contribution is 8.01. The maximum absolute atomic E-state index is 12.6. The van der Waals surface area contributed by atoms with Crippen molar-refractivity contribution in [3.05, 3.63) is 28.8 Å². The molecule has 7 nitrogen and oxygen atoms in total. The number of nitrogens with one attached hydrogen (secondary N) is 1. The molecule has 2 rings (SSSR count). The van der Waals surface area contributed by atoms with Crippen molar-refractivity contribution in [3.63, 3.8) is 0 Å². The lowest BCUT2D eigenvalue weighted by Gasteiger charge is -2.29. The van der Waals surface area contributed by atoms with Gasteiger partial charge in [0.25, 0.3) is 0 Å². The van der Waals surface area contributed by atoms with Gasteiger partial charge in [-0.05, 0) is 37.3 Å². The predicted octanol–water partition coefficient (Wildman–Crippen LogP) is 3.41. The first kappa shape index (κ1) is 20.9. The molecule has 1 N–H and O–H groups in total. The summed E-state index contributed by atoms with van der Waals surface area (Å²) >= 11 is 8.78. The molecule has 0 aliphatic heterocycles. The van der Waals surface area contributed by atoms with Crippen LogP contribution < -0.4 is 9.62 Å². The Hall–Kier alpha value is -1.36. The zero-order valence-corrected chi connectivity index (χ0v) is 17.9. The van der Waals surface area contributed by atoms with E-state index in [1.165, 1.54) is 36.1 Å². The van der Waals surface area contributed by atoms with Crippen LogP contribution >= 0.6 is 34.7 Å². The highest BCUT2D eigenvalue weighted by Gasteiger charge is 2.30. The standard InChI is InChI=1S/C15H19ClN4O3S3/c1-5-24-15-19-18-14(25-15)17-13(21)10(3)20(26(4,22)23)12-8-11(16)7-6-9(12)2/h6-8,10H,5H2,1-4H3,(H,17,18,21)/t10-/m0/s1. The lowest BCUT2D eigenvalue weighted by atomic mass is 10.2. The van der Waals surface area contributed by atoms with E-state index < -0.39 is 22.0 Å². The lowest BCUT2D eigenvalue weighted by Crippen LogP contribution is -2.45. The molecule has 0 aliphatic rings. The molecule has 1 aromatic carbocycles. The molecule has 11 heteroatoms. The molecule has 2 aromatic rings. The molecule has 0 aliphatic carbocycles. The van der Waals surface area contributed by atoms with Crippen LogP contribution in [0.3, 0.4) is 0 Å². The van der Waals surface area contributed by atoms with Crippen LogP contribution in [-0.2, 0) is 14.8 Å². The van der Waals surface area contributed by atoms with E-state index >= 15 is 0 Å². The second-order valence-corrected chi connectivity index (χ2v) is 10.2. The largest absolute Gasteiger partial charge is 0.299 e. The van der Waals surface area contributed by atoms with E-state index in [0.29, 0.717) is 21.4 Å². The zero-order chi connectivity index (χ0) is 19.5. The number of aromatic nitrogens is 2. The number of thioether (sulfide) groups is 1. The molecule has 142 valence electrons. The van der Waals surface area contributed by atoms with Crippen LogP contribution in [0.15, 0.2) is 22.5 Å². The number of carbonyl (C=O) groups excluding carboxylic acids is 1. The monoisotopic (exact) mass is 434 g/mol. The van der Waals surface area contributed by atoms with Crippen LogP contribution in [-0.4, -0.2) is 42.6 Å². The first-order chi connectivity index (χ1) is 12.1. The molecular formula is C15H19ClN4O3S3. The molecule has 1 heterocycles. The summed E-state index contributed by atoms with van der Waals surface area (Å²) in [5.74, 6) is 0.341. The van der Waals surface area contributed by atoms with E-state index in [9.17, 15) is 13.2 Å². The smallest absolute Gasteiger partial charge is 0.249 e. The summed E-state index contributed by atoms with van der Waals surface area (Å²) in [6, 6.07) is 3.91. The number of hydrogen-bond acceptors (Lipinski definition) is 7. The number of rotatable bonds is 7. The zero-order valence-electron chi connectivity index (χ0n) is 14.7. The first-order valence-electron chi connectivity index (χ1n) is 7.66. The van der Waals surface area contributed by atoms with Gasteiger partial charge in [-0.3, -0.25) is 14.4 Å². The van der Waals surface area contributed by atoms with Crippen molar-refractivity contribution in [2.45, 2.75) is 31.2 Å². The third-order valence-corrected chi connectivity index (χ3v) is 6.72. The Balaban J connectivity index is 2.30. The van der Waals surface area contributed by atoms with Crippen molar-refractivity contribution in [3.8, 4) is 0 Å². The van der Waals surface area contributed by atoms with Gasteiger partial charge in [0, 0.05) is 5.02 Å². The van der Waals surface area contributed by atoms with E-state index in [2.05, 4.69) is 15.5 Å². The van der Waals surface area contributed by atoms with E-state index in [-0.39, 0.29) is 0 Å². The normalized spacial score (nSPS) is 12.7. The lowest BCUT2D eigenvalue weighted by molar-refractivity contribution is -0.116. The Morgan fingerprint density at radius 2 is 2.12 bits per heavy atom. The number of carbonyl (C=O) groups is 1. The number of sulfonamides is 1. The maximum Gasteiger partial charge on any atom is 0.249 e. The van der Waals surface area contributed by atoms with Crippen LogP contribution in [0.5, 0.6) is 0 Å². The summed E-state index contributed by atoms with van der Waals surface area (Å²) < 4.78 is 26.5. The highest BCUT2D eigenvalue weighted by Crippen LogP contribution is 2.29. The molecule has 26 heavy (non-hydrogen) atoms. The van der Waals surface area contributed by atoms with Crippen molar-refractivity contribution in [1.29, 1.82) is 0 Å². The van der Waals surface area contributed by atoms with Crippen LogP contribution in [0, 0.1) is 6.92 Å². The fourth-order valence-electron chi connectivity index (χ4n) is 2.25. The predicted molar refractivity (Wildman–Crippen MR) is 108 cm³/mol. The van der Waals surface area contributed by atoms with Gasteiger partial charge in [0.15, 0.2) is 4.34 Å². The van der Waals surface area contributed by atoms with Gasteiger partial charge in [-0.25, -0.2) is 8.42 Å². The minimum absolute atomic E-state index is 0.328. The fourth-order valence-corrected chi connectivity index (χ4v) is 5.30. The van der Waals surface area contributed by atoms with Crippen molar-refractivity contribution in [2.24, 2.45) is 0 Å². The highest BCUT2D eigenvalue weighted by atomic mass is 35.5. The molecule has 0 unspecified atom stereocenters. The number of amides is 1. The third kappa shape index (κ3) is 5.09. The number of anilines is 2. The van der Waals surface area contributed by atoms with Gasteiger partial charge in [-0.1, -0.05) is 47.7 Å². The van der Waals surface area contributed by atoms with Crippen LogP contribution in [0.2, 0.25) is 5.02 Å². The second kappa shape index (κ2) is 8.55. The van der Waals surface area contributed by atoms with E-state index in [1.54, 1.807) is 19.1 Å². The van der Waals surface area contributed by atoms with Gasteiger partial charge < -0.3 is 0 Å². The van der Waals surface area contributed by atoms with Crippen molar-refractivity contribution < 1.29 is 13.2 Å². The van der Waals surface area contributed by atoms with Gasteiger partial charge >= 0.3 is 0 Å². The number of nitrogens with zero attached hydrogens (tertiary/aromatic N) is 3. The van der Waals surface area contributed by atoms with Gasteiger partial charge in [0.1, 0.15) is 6.04 Å². The fraction of sp³-hybridized carbons (Fsp3) is 0.400. The molecule has 0 fully saturated rings. The molecule has 0 saturated carbocycles. The average Bonchev–Trinajstić information content (AvgIpc) is 2.97. The van der Waals surface area contributed by atoms with Crippen molar-refractivity contribution >= 4 is 61.4 Å². The topological polar surface area (TPSA) is 92.3 Å². The van der Waals surface area contributed by atoms with E-state index in [0.717, 1.165) is 20.7 Å². The quantitative estimate of drug-likeness (QED) is 0.530. The van der Waals surface area contributed by atoms with Crippen LogP contribution in [0.1, 0.15) is 19.4 Å². The Kier molecular flexibility index (Phi) is 6.89. The Labute approximate surface area is 166 Å². The van der Waals surface area contributed by atoms with Crippen LogP contribution in [0.4, 0.5) is 10.8 Å². The van der Waals surface area contributed by atoms with Gasteiger partial charge in [0.2, 0.25) is 21.1 Å². The SMILES string of the molecule is CCSc1nnc(NC(=O)[C@H](C)N(c2cc(Cl)ccc2C)S(C)(=O)=O)s1. The number of benzene rings is 1. The summed E-state index contributed by atoms with van der Waals surface area (Å²) in [6.45, 7) is 5.26. The number of hydrogen-bond donors (Lipinski definition) is 1. The first-order valence-corrected chi connectivity index (χ1v) is 11.7. The van der Waals surface area contributed by atoms with Crippen molar-refractivity contribution in [1.82, 2.24) is 10.2 Å². The van der Waals surface area contributed by atoms with E-state index in [4.69, 9.17) is 11.6 Å². The minimum atomic E-state index is -3.72. The molecule has 0 spiro atoms. The molecule has 0 bridgehead atoms. The molecule has 1 atom stereocenters. The summed E-state index contributed by atoms with van der Waals surface area (Å²) in [5.41, 5.74) is 1.05. The molecular weight excluding hydrogens is 416 g/mol. The molecule has 0 saturated heterocycles. The van der Waals surface area contributed by atoms with E-state index in [1.807, 2.05) is 6.92 Å². The molecule has 1 amide bonds. The number of halogens is 1. The molecule has 1 aromatic heterocycles. The Morgan fingerprint density at radius 1 is 1.42 bits per heavy atom. The van der Waals surface area contributed by atoms with Crippen molar-refractivity contribution in [2.75, 3.05) is 21.6 Å². The Morgan fingerprint density at radius 3 is 2.73 bits per heavy atom. The Bertz CT molecular complexity index is 901. The number of aryl methyl sites for hydroxylation is 1. The van der Waals surface area contributed by atoms with Gasteiger partial charge in [0.05, 0.1) is 11.9 Å².